The topological polar surface area (TPSA) is 54.9 Å². The van der Waals surface area contributed by atoms with Crippen molar-refractivity contribution >= 4 is 34.0 Å². The Hall–Kier alpha value is -2.46. The highest BCUT2D eigenvalue weighted by atomic mass is 35.5. The van der Waals surface area contributed by atoms with Gasteiger partial charge in [-0.3, -0.25) is 9.78 Å². The fraction of sp³-hybridized carbons (Fsp3) is 0.0625. The molecule has 0 aliphatic rings. The maximum atomic E-state index is 12.4. The van der Waals surface area contributed by atoms with Gasteiger partial charge in [-0.25, -0.2) is 4.98 Å². The molecule has 0 radical (unpaired) electrons. The van der Waals surface area contributed by atoms with Crippen LogP contribution in [0.25, 0.3) is 10.8 Å². The van der Waals surface area contributed by atoms with E-state index in [2.05, 4.69) is 15.3 Å². The van der Waals surface area contributed by atoms with Gasteiger partial charge in [0.1, 0.15) is 5.15 Å². The molecule has 21 heavy (non-hydrogen) atoms. The highest BCUT2D eigenvalue weighted by Crippen LogP contribution is 2.24. The number of aryl methyl sites for hydroxylation is 1. The van der Waals surface area contributed by atoms with Gasteiger partial charge >= 0.3 is 0 Å². The summed E-state index contributed by atoms with van der Waals surface area (Å²) in [7, 11) is 0. The number of halogens is 1. The van der Waals surface area contributed by atoms with Crippen molar-refractivity contribution in [3.05, 3.63) is 65.2 Å². The van der Waals surface area contributed by atoms with E-state index in [-0.39, 0.29) is 5.91 Å². The van der Waals surface area contributed by atoms with Gasteiger partial charge in [0, 0.05) is 29.2 Å². The molecule has 0 aliphatic carbocycles. The normalized spacial score (nSPS) is 10.6. The second kappa shape index (κ2) is 5.50. The fourth-order valence-electron chi connectivity index (χ4n) is 2.16. The van der Waals surface area contributed by atoms with Gasteiger partial charge in [-0.15, -0.1) is 0 Å². The van der Waals surface area contributed by atoms with Crippen LogP contribution in [-0.4, -0.2) is 15.9 Å². The Balaban J connectivity index is 2.01. The van der Waals surface area contributed by atoms with Crippen LogP contribution < -0.4 is 5.32 Å². The lowest BCUT2D eigenvalue weighted by molar-refractivity contribution is 0.102. The lowest BCUT2D eigenvalue weighted by Crippen LogP contribution is -2.13. The maximum Gasteiger partial charge on any atom is 0.257 e. The van der Waals surface area contributed by atoms with Crippen LogP contribution in [0.4, 0.5) is 5.69 Å². The molecule has 3 rings (SSSR count). The third-order valence-electron chi connectivity index (χ3n) is 3.15. The quantitative estimate of drug-likeness (QED) is 0.731. The van der Waals surface area contributed by atoms with Crippen molar-refractivity contribution in [3.63, 3.8) is 0 Å². The largest absolute Gasteiger partial charge is 0.322 e. The highest BCUT2D eigenvalue weighted by Gasteiger charge is 2.13. The van der Waals surface area contributed by atoms with Crippen LogP contribution in [-0.2, 0) is 0 Å². The number of amides is 1. The van der Waals surface area contributed by atoms with Gasteiger partial charge in [-0.05, 0) is 24.4 Å². The summed E-state index contributed by atoms with van der Waals surface area (Å²) >= 11 is 6.06. The van der Waals surface area contributed by atoms with Gasteiger partial charge in [0.15, 0.2) is 0 Å². The molecule has 104 valence electrons. The van der Waals surface area contributed by atoms with E-state index in [1.807, 2.05) is 37.3 Å². The van der Waals surface area contributed by atoms with Crippen molar-refractivity contribution < 1.29 is 4.79 Å². The summed E-state index contributed by atoms with van der Waals surface area (Å²) in [6, 6.07) is 11.0. The molecule has 1 amide bonds. The molecule has 5 heteroatoms. The second-order valence-corrected chi connectivity index (χ2v) is 5.01. The zero-order valence-electron chi connectivity index (χ0n) is 11.3. The van der Waals surface area contributed by atoms with Crippen molar-refractivity contribution in [2.45, 2.75) is 6.92 Å². The number of fused-ring (bicyclic) bond motifs is 1. The summed E-state index contributed by atoms with van der Waals surface area (Å²) in [5, 5.41) is 4.78. The van der Waals surface area contributed by atoms with E-state index in [0.29, 0.717) is 16.4 Å². The predicted molar refractivity (Wildman–Crippen MR) is 83.7 cm³/mol. The highest BCUT2D eigenvalue weighted by molar-refractivity contribution is 6.35. The van der Waals surface area contributed by atoms with Gasteiger partial charge < -0.3 is 5.32 Å². The van der Waals surface area contributed by atoms with E-state index < -0.39 is 0 Å². The summed E-state index contributed by atoms with van der Waals surface area (Å²) in [6.45, 7) is 1.87. The van der Waals surface area contributed by atoms with Crippen LogP contribution in [0.5, 0.6) is 0 Å². The number of nitrogens with zero attached hydrogens (tertiary/aromatic N) is 2. The van der Waals surface area contributed by atoms with E-state index in [1.165, 1.54) is 6.20 Å². The second-order valence-electron chi connectivity index (χ2n) is 4.65. The molecule has 3 aromatic rings. The summed E-state index contributed by atoms with van der Waals surface area (Å²) in [4.78, 5) is 20.6. The Morgan fingerprint density at radius 1 is 1.14 bits per heavy atom. The van der Waals surface area contributed by atoms with Gasteiger partial charge in [-0.2, -0.15) is 0 Å². The Bertz CT molecular complexity index is 833. The maximum absolute atomic E-state index is 12.4. The van der Waals surface area contributed by atoms with Crippen LogP contribution in [0, 0.1) is 6.92 Å². The molecular weight excluding hydrogens is 286 g/mol. The number of hydrogen-bond donors (Lipinski definition) is 1. The number of carbonyl (C=O) groups excluding carboxylic acids is 1. The lowest BCUT2D eigenvalue weighted by Gasteiger charge is -2.08. The Morgan fingerprint density at radius 2 is 1.90 bits per heavy atom. The predicted octanol–water partition coefficient (Wildman–Crippen LogP) is 3.84. The Morgan fingerprint density at radius 3 is 2.67 bits per heavy atom. The van der Waals surface area contributed by atoms with Crippen molar-refractivity contribution in [1.82, 2.24) is 9.97 Å². The summed E-state index contributed by atoms with van der Waals surface area (Å²) in [5.41, 5.74) is 2.03. The first-order valence-corrected chi connectivity index (χ1v) is 6.80. The van der Waals surface area contributed by atoms with Crippen molar-refractivity contribution in [2.75, 3.05) is 5.32 Å². The standard InChI is InChI=1S/C16H12ClN3O/c1-10-8-11(6-7-18-10)20-16(21)14-9-19-15(17)13-5-3-2-4-12(13)14/h2-9H,1H3,(H,18,20,21). The molecule has 0 fully saturated rings. The first kappa shape index (κ1) is 13.5. The lowest BCUT2D eigenvalue weighted by atomic mass is 10.1. The number of rotatable bonds is 2. The first-order valence-electron chi connectivity index (χ1n) is 6.42. The average Bonchev–Trinajstić information content (AvgIpc) is 2.48. The van der Waals surface area contributed by atoms with E-state index in [1.54, 1.807) is 12.3 Å². The van der Waals surface area contributed by atoms with E-state index >= 15 is 0 Å². The minimum Gasteiger partial charge on any atom is -0.322 e. The zero-order valence-corrected chi connectivity index (χ0v) is 12.1. The number of aromatic nitrogens is 2. The number of pyridine rings is 2. The SMILES string of the molecule is Cc1cc(NC(=O)c2cnc(Cl)c3ccccc23)ccn1. The molecule has 0 unspecified atom stereocenters. The Kier molecular flexibility index (Phi) is 3.54. The van der Waals surface area contributed by atoms with Crippen LogP contribution in [0.3, 0.4) is 0 Å². The molecule has 2 aromatic heterocycles. The van der Waals surface area contributed by atoms with Gasteiger partial charge in [-0.1, -0.05) is 35.9 Å². The van der Waals surface area contributed by atoms with E-state index in [4.69, 9.17) is 11.6 Å². The minimum absolute atomic E-state index is 0.221. The Labute approximate surface area is 126 Å². The van der Waals surface area contributed by atoms with Gasteiger partial charge in [0.05, 0.1) is 5.56 Å². The molecular formula is C16H12ClN3O. The molecule has 0 saturated carbocycles. The molecule has 0 aliphatic heterocycles. The molecule has 1 aromatic carbocycles. The monoisotopic (exact) mass is 297 g/mol. The molecule has 0 bridgehead atoms. The van der Waals surface area contributed by atoms with Crippen molar-refractivity contribution in [3.8, 4) is 0 Å². The minimum atomic E-state index is -0.221. The van der Waals surface area contributed by atoms with Crippen molar-refractivity contribution in [1.29, 1.82) is 0 Å². The van der Waals surface area contributed by atoms with E-state index in [9.17, 15) is 4.79 Å². The molecule has 1 N–H and O–H groups in total. The van der Waals surface area contributed by atoms with Crippen LogP contribution in [0.1, 0.15) is 16.1 Å². The number of benzene rings is 1. The average molecular weight is 298 g/mol. The third-order valence-corrected chi connectivity index (χ3v) is 3.45. The van der Waals surface area contributed by atoms with Crippen molar-refractivity contribution in [2.24, 2.45) is 0 Å². The number of hydrogen-bond acceptors (Lipinski definition) is 3. The molecule has 0 atom stereocenters. The molecule has 4 nitrogen and oxygen atoms in total. The third kappa shape index (κ3) is 2.71. The smallest absolute Gasteiger partial charge is 0.257 e. The first-order chi connectivity index (χ1) is 10.1. The summed E-state index contributed by atoms with van der Waals surface area (Å²) < 4.78 is 0. The van der Waals surface area contributed by atoms with Gasteiger partial charge in [0.2, 0.25) is 0 Å². The molecule has 0 spiro atoms. The zero-order chi connectivity index (χ0) is 14.8. The van der Waals surface area contributed by atoms with Crippen LogP contribution in [0.2, 0.25) is 5.15 Å². The summed E-state index contributed by atoms with van der Waals surface area (Å²) in [6.07, 6.45) is 3.15. The number of anilines is 1. The molecule has 2 heterocycles. The number of carbonyl (C=O) groups is 1. The molecule has 0 saturated heterocycles. The number of nitrogens with one attached hydrogen (secondary N) is 1. The van der Waals surface area contributed by atoms with E-state index in [0.717, 1.165) is 16.5 Å². The fourth-order valence-corrected chi connectivity index (χ4v) is 2.37. The summed E-state index contributed by atoms with van der Waals surface area (Å²) in [5.74, 6) is -0.221. The van der Waals surface area contributed by atoms with Crippen LogP contribution in [0.15, 0.2) is 48.8 Å². The van der Waals surface area contributed by atoms with Crippen LogP contribution >= 0.6 is 11.6 Å². The van der Waals surface area contributed by atoms with Gasteiger partial charge in [0.25, 0.3) is 5.91 Å².